The molecule has 4 N–H and O–H groups in total. The van der Waals surface area contributed by atoms with E-state index in [1.54, 1.807) is 7.11 Å². The first-order chi connectivity index (χ1) is 20.7. The molecule has 1 aromatic heterocycles. The van der Waals surface area contributed by atoms with Crippen molar-refractivity contribution in [1.29, 1.82) is 0 Å². The van der Waals surface area contributed by atoms with Crippen LogP contribution in [0.4, 0.5) is 34.5 Å². The fourth-order valence-corrected chi connectivity index (χ4v) is 6.91. The molecule has 1 saturated heterocycles. The van der Waals surface area contributed by atoms with Gasteiger partial charge in [0.15, 0.2) is 5.82 Å². The number of halogens is 1. The number of nitrogens with one attached hydrogen (secondary N) is 4. The molecular weight excluding hydrogens is 588 g/mol. The molecule has 0 bridgehead atoms. The Kier molecular flexibility index (Phi) is 9.80. The van der Waals surface area contributed by atoms with Crippen molar-refractivity contribution in [3.05, 3.63) is 52.7 Å². The van der Waals surface area contributed by atoms with Gasteiger partial charge in [-0.1, -0.05) is 30.7 Å². The van der Waals surface area contributed by atoms with Crippen LogP contribution in [0.2, 0.25) is 5.02 Å². The molecule has 0 saturated carbocycles. The summed E-state index contributed by atoms with van der Waals surface area (Å²) in [4.78, 5) is 11.5. The summed E-state index contributed by atoms with van der Waals surface area (Å²) in [6, 6.07) is 10.4. The van der Waals surface area contributed by atoms with Crippen LogP contribution in [-0.4, -0.2) is 77.6 Å². The number of anilines is 6. The van der Waals surface area contributed by atoms with Gasteiger partial charge in [-0.2, -0.15) is 4.98 Å². The lowest BCUT2D eigenvalue weighted by atomic mass is 10.0. The second kappa shape index (κ2) is 13.5. The van der Waals surface area contributed by atoms with E-state index < -0.39 is 10.0 Å². The Hall–Kier alpha value is -3.32. The van der Waals surface area contributed by atoms with Gasteiger partial charge in [-0.25, -0.2) is 13.4 Å². The second-order valence-corrected chi connectivity index (χ2v) is 13.2. The number of hydrogen-bond acceptors (Lipinski definition) is 10. The number of sulfonamides is 1. The van der Waals surface area contributed by atoms with Crippen molar-refractivity contribution in [3.63, 3.8) is 0 Å². The minimum Gasteiger partial charge on any atom is -0.494 e. The summed E-state index contributed by atoms with van der Waals surface area (Å²) < 4.78 is 32.1. The van der Waals surface area contributed by atoms with Crippen molar-refractivity contribution in [2.24, 2.45) is 0 Å². The molecule has 0 unspecified atom stereocenters. The van der Waals surface area contributed by atoms with Crippen LogP contribution in [0.15, 0.2) is 36.5 Å². The first-order valence-corrected chi connectivity index (χ1v) is 16.9. The number of benzene rings is 2. The van der Waals surface area contributed by atoms with Crippen LogP contribution in [0.3, 0.4) is 0 Å². The summed E-state index contributed by atoms with van der Waals surface area (Å²) in [5.74, 6) is 1.39. The van der Waals surface area contributed by atoms with E-state index in [-0.39, 0.29) is 0 Å². The Morgan fingerprint density at radius 2 is 1.88 bits per heavy atom. The molecule has 232 valence electrons. The molecule has 1 fully saturated rings. The number of ether oxygens (including phenoxy) is 1. The first kappa shape index (κ1) is 31.1. The van der Waals surface area contributed by atoms with Gasteiger partial charge in [0.25, 0.3) is 0 Å². The molecule has 11 nitrogen and oxygen atoms in total. The average molecular weight is 629 g/mol. The summed E-state index contributed by atoms with van der Waals surface area (Å²) in [5.41, 5.74) is 5.33. The van der Waals surface area contributed by atoms with Gasteiger partial charge in [0, 0.05) is 50.5 Å². The largest absolute Gasteiger partial charge is 0.494 e. The molecule has 13 heteroatoms. The number of fused-ring (bicyclic) bond motifs is 1. The van der Waals surface area contributed by atoms with E-state index in [9.17, 15) is 8.42 Å². The normalized spacial score (nSPS) is 15.5. The van der Waals surface area contributed by atoms with Gasteiger partial charge in [0.05, 0.1) is 36.6 Å². The van der Waals surface area contributed by atoms with Crippen molar-refractivity contribution in [2.75, 3.05) is 73.0 Å². The number of hydrogen-bond donors (Lipinski definition) is 4. The lowest BCUT2D eigenvalue weighted by molar-refractivity contribution is 0.410. The molecule has 43 heavy (non-hydrogen) atoms. The van der Waals surface area contributed by atoms with Crippen LogP contribution >= 0.6 is 11.6 Å². The molecule has 2 aliphatic rings. The van der Waals surface area contributed by atoms with Crippen LogP contribution in [-0.2, 0) is 22.9 Å². The molecule has 0 atom stereocenters. The van der Waals surface area contributed by atoms with Gasteiger partial charge in [-0.05, 0) is 56.0 Å². The van der Waals surface area contributed by atoms with E-state index in [1.165, 1.54) is 28.0 Å². The molecule has 0 amide bonds. The van der Waals surface area contributed by atoms with Crippen LogP contribution < -0.4 is 35.2 Å². The lowest BCUT2D eigenvalue weighted by Gasteiger charge is -2.35. The monoisotopic (exact) mass is 628 g/mol. The fourth-order valence-electron chi connectivity index (χ4n) is 5.80. The maximum Gasteiger partial charge on any atom is 0.232 e. The fraction of sp³-hybridized carbons (Fsp3) is 0.467. The van der Waals surface area contributed by atoms with Crippen molar-refractivity contribution in [3.8, 4) is 5.75 Å². The lowest BCUT2D eigenvalue weighted by Crippen LogP contribution is -2.44. The van der Waals surface area contributed by atoms with Crippen LogP contribution in [0, 0.1) is 0 Å². The van der Waals surface area contributed by atoms with Gasteiger partial charge in [0.2, 0.25) is 16.0 Å². The van der Waals surface area contributed by atoms with E-state index in [0.29, 0.717) is 52.9 Å². The third-order valence-corrected chi connectivity index (χ3v) is 9.46. The zero-order chi connectivity index (χ0) is 30.6. The summed E-state index contributed by atoms with van der Waals surface area (Å²) >= 11 is 6.50. The summed E-state index contributed by atoms with van der Waals surface area (Å²) in [5, 5.41) is 13.7. The maximum atomic E-state index is 12.4. The Labute approximate surface area is 259 Å². The molecule has 2 aromatic carbocycles. The maximum absolute atomic E-state index is 12.4. The van der Waals surface area contributed by atoms with Crippen molar-refractivity contribution < 1.29 is 13.2 Å². The Balaban J connectivity index is 1.36. The number of likely N-dealkylation sites (N-methyl/N-ethyl adjacent to an activating group) is 1. The third-order valence-electron chi connectivity index (χ3n) is 8.02. The minimum atomic E-state index is -3.43. The minimum absolute atomic E-state index is 0.312. The first-order valence-electron chi connectivity index (χ1n) is 14.7. The molecule has 2 aliphatic heterocycles. The second-order valence-electron chi connectivity index (χ2n) is 10.9. The van der Waals surface area contributed by atoms with Crippen LogP contribution in [0.5, 0.6) is 5.75 Å². The molecule has 0 aliphatic carbocycles. The Bertz CT molecular complexity index is 1550. The smallest absolute Gasteiger partial charge is 0.232 e. The molecule has 0 spiro atoms. The van der Waals surface area contributed by atoms with Gasteiger partial charge in [-0.3, -0.25) is 4.31 Å². The summed E-state index contributed by atoms with van der Waals surface area (Å²) in [6.07, 6.45) is 6.43. The molecule has 5 rings (SSSR count). The van der Waals surface area contributed by atoms with E-state index in [2.05, 4.69) is 55.2 Å². The number of nitrogens with zero attached hydrogens (tertiary/aromatic N) is 4. The molecule has 0 radical (unpaired) electrons. The molecule has 3 aromatic rings. The van der Waals surface area contributed by atoms with E-state index in [4.69, 9.17) is 16.3 Å². The highest BCUT2D eigenvalue weighted by molar-refractivity contribution is 7.92. The third kappa shape index (κ3) is 7.09. The highest BCUT2D eigenvalue weighted by Crippen LogP contribution is 2.40. The summed E-state index contributed by atoms with van der Waals surface area (Å²) in [7, 11) is 0.204. The molecule has 3 heterocycles. The van der Waals surface area contributed by atoms with E-state index in [1.807, 2.05) is 25.2 Å². The van der Waals surface area contributed by atoms with Gasteiger partial charge in [-0.15, -0.1) is 0 Å². The highest BCUT2D eigenvalue weighted by atomic mass is 35.5. The number of piperidine rings is 1. The van der Waals surface area contributed by atoms with Crippen LogP contribution in [0.25, 0.3) is 0 Å². The predicted octanol–water partition coefficient (Wildman–Crippen LogP) is 4.29. The number of aromatic nitrogens is 2. The van der Waals surface area contributed by atoms with Crippen molar-refractivity contribution in [2.45, 2.75) is 38.6 Å². The predicted molar refractivity (Wildman–Crippen MR) is 175 cm³/mol. The topological polar surface area (TPSA) is 124 Å². The number of methoxy groups -OCH3 is 1. The van der Waals surface area contributed by atoms with Gasteiger partial charge >= 0.3 is 0 Å². The van der Waals surface area contributed by atoms with E-state index in [0.717, 1.165) is 56.7 Å². The van der Waals surface area contributed by atoms with Crippen molar-refractivity contribution in [1.82, 2.24) is 20.6 Å². The number of aryl methyl sites for hydroxylation is 1. The standard InChI is InChI=1S/C30H41ClN8O3S/c1-5-20-17-25(27(42-3)18-26(20)38-14-10-22(11-15-38)33-13-12-32-2)36-30-34-19-23(31)29(37-30)35-24-8-6-7-21-9-16-39(28(21)24)43(4,40)41/h6-8,17-19,22,32-33H,5,9-16H2,1-4H3,(H2,34,35,36,37). The van der Waals surface area contributed by atoms with Crippen LogP contribution in [0.1, 0.15) is 30.9 Å². The SMILES string of the molecule is CCc1cc(Nc2ncc(Cl)c(Nc3cccc4c3N(S(C)(=O)=O)CC4)n2)c(OC)cc1N1CCC(NCCNC)CC1. The summed E-state index contributed by atoms with van der Waals surface area (Å²) in [6.45, 7) is 6.46. The van der Waals surface area contributed by atoms with Crippen molar-refractivity contribution >= 4 is 56.1 Å². The van der Waals surface area contributed by atoms with E-state index >= 15 is 0 Å². The average Bonchev–Trinajstić information content (AvgIpc) is 3.45. The Morgan fingerprint density at radius 1 is 1.09 bits per heavy atom. The highest BCUT2D eigenvalue weighted by Gasteiger charge is 2.29. The zero-order valence-electron chi connectivity index (χ0n) is 25.2. The molecular formula is C30H41ClN8O3S. The zero-order valence-corrected chi connectivity index (χ0v) is 26.8. The Morgan fingerprint density at radius 3 is 2.58 bits per heavy atom. The van der Waals surface area contributed by atoms with Gasteiger partial charge < -0.3 is 30.9 Å². The number of rotatable bonds is 12. The van der Waals surface area contributed by atoms with Gasteiger partial charge in [0.1, 0.15) is 10.8 Å². The quantitative estimate of drug-likeness (QED) is 0.216. The number of para-hydroxylation sites is 1.